The van der Waals surface area contributed by atoms with Crippen molar-refractivity contribution in [1.82, 2.24) is 5.32 Å². The van der Waals surface area contributed by atoms with Crippen molar-refractivity contribution in [2.45, 2.75) is 26.3 Å². The van der Waals surface area contributed by atoms with Gasteiger partial charge in [0.05, 0.1) is 6.04 Å². The van der Waals surface area contributed by atoms with E-state index in [-0.39, 0.29) is 17.8 Å². The summed E-state index contributed by atoms with van der Waals surface area (Å²) in [5, 5.41) is 2.86. The molecule has 17 heavy (non-hydrogen) atoms. The van der Waals surface area contributed by atoms with E-state index in [2.05, 4.69) is 5.32 Å². The molecule has 0 amide bonds. The first-order valence-corrected chi connectivity index (χ1v) is 5.33. The van der Waals surface area contributed by atoms with E-state index in [1.54, 1.807) is 6.92 Å². The molecule has 0 fully saturated rings. The molecule has 0 aromatic heterocycles. The highest BCUT2D eigenvalue weighted by Gasteiger charge is 2.17. The summed E-state index contributed by atoms with van der Waals surface area (Å²) < 4.78 is 39.0. The SMILES string of the molecule is CCN[C@@H](Cc1cc(F)c(F)cc1F)C(C)=O. The normalized spacial score (nSPS) is 12.5. The van der Waals surface area contributed by atoms with Gasteiger partial charge in [-0.15, -0.1) is 0 Å². The van der Waals surface area contributed by atoms with Gasteiger partial charge in [-0.05, 0) is 31.5 Å². The molecule has 0 bridgehead atoms. The fourth-order valence-corrected chi connectivity index (χ4v) is 1.55. The summed E-state index contributed by atoms with van der Waals surface area (Å²) in [6.45, 7) is 3.71. The van der Waals surface area contributed by atoms with Crippen LogP contribution in [0.1, 0.15) is 19.4 Å². The van der Waals surface area contributed by atoms with Crippen LogP contribution < -0.4 is 5.32 Å². The van der Waals surface area contributed by atoms with Gasteiger partial charge >= 0.3 is 0 Å². The molecule has 94 valence electrons. The molecule has 1 N–H and O–H groups in total. The fraction of sp³-hybridized carbons (Fsp3) is 0.417. The lowest BCUT2D eigenvalue weighted by Gasteiger charge is -2.15. The summed E-state index contributed by atoms with van der Waals surface area (Å²) in [6, 6.07) is 0.700. The van der Waals surface area contributed by atoms with Gasteiger partial charge in [-0.25, -0.2) is 13.2 Å². The number of halogens is 3. The number of carbonyl (C=O) groups is 1. The van der Waals surface area contributed by atoms with Gasteiger partial charge in [0.25, 0.3) is 0 Å². The Kier molecular flexibility index (Phi) is 4.69. The number of hydrogen-bond acceptors (Lipinski definition) is 2. The third kappa shape index (κ3) is 3.56. The number of benzene rings is 1. The second-order valence-corrected chi connectivity index (χ2v) is 3.78. The third-order valence-electron chi connectivity index (χ3n) is 2.45. The molecule has 1 atom stereocenters. The highest BCUT2D eigenvalue weighted by atomic mass is 19.2. The average Bonchev–Trinajstić information content (AvgIpc) is 2.24. The molecule has 0 aliphatic carbocycles. The van der Waals surface area contributed by atoms with Crippen molar-refractivity contribution in [3.05, 3.63) is 35.1 Å². The smallest absolute Gasteiger partial charge is 0.161 e. The lowest BCUT2D eigenvalue weighted by molar-refractivity contribution is -0.118. The van der Waals surface area contributed by atoms with E-state index >= 15 is 0 Å². The quantitative estimate of drug-likeness (QED) is 0.806. The van der Waals surface area contributed by atoms with Gasteiger partial charge < -0.3 is 5.32 Å². The Morgan fingerprint density at radius 2 is 1.82 bits per heavy atom. The van der Waals surface area contributed by atoms with E-state index in [0.717, 1.165) is 6.07 Å². The van der Waals surface area contributed by atoms with Gasteiger partial charge in [0, 0.05) is 6.07 Å². The molecule has 1 aromatic rings. The summed E-state index contributed by atoms with van der Waals surface area (Å²) in [4.78, 5) is 11.2. The standard InChI is InChI=1S/C12H14F3NO/c1-3-16-12(7(2)17)5-8-4-10(14)11(15)6-9(8)13/h4,6,12,16H,3,5H2,1-2H3/t12-/m0/s1. The Bertz CT molecular complexity index is 420. The van der Waals surface area contributed by atoms with Gasteiger partial charge in [0.2, 0.25) is 0 Å². The lowest BCUT2D eigenvalue weighted by atomic mass is 10.0. The van der Waals surface area contributed by atoms with Crippen molar-refractivity contribution in [3.63, 3.8) is 0 Å². The van der Waals surface area contributed by atoms with Crippen LogP contribution in [0.15, 0.2) is 12.1 Å². The molecule has 1 aromatic carbocycles. The maximum atomic E-state index is 13.3. The summed E-state index contributed by atoms with van der Waals surface area (Å²) >= 11 is 0. The van der Waals surface area contributed by atoms with Gasteiger partial charge in [0.1, 0.15) is 11.6 Å². The van der Waals surface area contributed by atoms with E-state index < -0.39 is 23.5 Å². The summed E-state index contributed by atoms with van der Waals surface area (Å²) in [5.41, 5.74) is -0.00921. The first-order chi connectivity index (χ1) is 7.95. The van der Waals surface area contributed by atoms with Crippen LogP contribution in [-0.2, 0) is 11.2 Å². The maximum Gasteiger partial charge on any atom is 0.161 e. The largest absolute Gasteiger partial charge is 0.307 e. The first-order valence-electron chi connectivity index (χ1n) is 5.33. The number of Topliss-reactive ketones (excluding diaryl/α,β-unsaturated/α-hetero) is 1. The fourth-order valence-electron chi connectivity index (χ4n) is 1.55. The second-order valence-electron chi connectivity index (χ2n) is 3.78. The molecule has 0 unspecified atom stereocenters. The monoisotopic (exact) mass is 245 g/mol. The van der Waals surface area contributed by atoms with Crippen molar-refractivity contribution in [3.8, 4) is 0 Å². The number of ketones is 1. The number of carbonyl (C=O) groups excluding carboxylic acids is 1. The van der Waals surface area contributed by atoms with Crippen LogP contribution >= 0.6 is 0 Å². The molecular formula is C12H14F3NO. The van der Waals surface area contributed by atoms with Crippen LogP contribution in [0.5, 0.6) is 0 Å². The zero-order valence-corrected chi connectivity index (χ0v) is 9.69. The Hall–Kier alpha value is -1.36. The zero-order valence-electron chi connectivity index (χ0n) is 9.69. The first kappa shape index (κ1) is 13.7. The Morgan fingerprint density at radius 3 is 2.35 bits per heavy atom. The minimum absolute atomic E-state index is 0.00616. The molecule has 0 saturated heterocycles. The molecule has 0 heterocycles. The Labute approximate surface area is 97.8 Å². The van der Waals surface area contributed by atoms with Crippen LogP contribution in [0.4, 0.5) is 13.2 Å². The Morgan fingerprint density at radius 1 is 1.24 bits per heavy atom. The van der Waals surface area contributed by atoms with Crippen LogP contribution in [0.25, 0.3) is 0 Å². The average molecular weight is 245 g/mol. The summed E-state index contributed by atoms with van der Waals surface area (Å²) in [7, 11) is 0. The van der Waals surface area contributed by atoms with Crippen LogP contribution in [-0.4, -0.2) is 18.4 Å². The minimum Gasteiger partial charge on any atom is -0.307 e. The molecule has 0 spiro atoms. The van der Waals surface area contributed by atoms with Crippen molar-refractivity contribution in [2.75, 3.05) is 6.54 Å². The van der Waals surface area contributed by atoms with Crippen molar-refractivity contribution < 1.29 is 18.0 Å². The lowest BCUT2D eigenvalue weighted by Crippen LogP contribution is -2.37. The zero-order chi connectivity index (χ0) is 13.0. The number of nitrogens with one attached hydrogen (secondary N) is 1. The number of hydrogen-bond donors (Lipinski definition) is 1. The third-order valence-corrected chi connectivity index (χ3v) is 2.45. The Balaban J connectivity index is 2.93. The van der Waals surface area contributed by atoms with Crippen molar-refractivity contribution in [2.24, 2.45) is 0 Å². The van der Waals surface area contributed by atoms with Gasteiger partial charge in [-0.1, -0.05) is 6.92 Å². The number of rotatable bonds is 5. The summed E-state index contributed by atoms with van der Waals surface area (Å²) in [6.07, 6.45) is 0.00616. The van der Waals surface area contributed by atoms with E-state index in [1.807, 2.05) is 0 Å². The molecule has 0 radical (unpaired) electrons. The molecule has 0 aliphatic rings. The van der Waals surface area contributed by atoms with E-state index in [0.29, 0.717) is 12.6 Å². The van der Waals surface area contributed by atoms with E-state index in [1.165, 1.54) is 6.92 Å². The van der Waals surface area contributed by atoms with Gasteiger partial charge in [-0.2, -0.15) is 0 Å². The van der Waals surface area contributed by atoms with Crippen molar-refractivity contribution >= 4 is 5.78 Å². The molecule has 0 aliphatic heterocycles. The maximum absolute atomic E-state index is 13.3. The molecule has 0 saturated carbocycles. The molecule has 1 rings (SSSR count). The summed E-state index contributed by atoms with van der Waals surface area (Å²) in [5.74, 6) is -3.35. The number of likely N-dealkylation sites (N-methyl/N-ethyl adjacent to an activating group) is 1. The highest BCUT2D eigenvalue weighted by molar-refractivity contribution is 5.81. The minimum atomic E-state index is -1.23. The highest BCUT2D eigenvalue weighted by Crippen LogP contribution is 2.15. The van der Waals surface area contributed by atoms with Crippen LogP contribution in [0, 0.1) is 17.5 Å². The van der Waals surface area contributed by atoms with Gasteiger partial charge in [-0.3, -0.25) is 4.79 Å². The second kappa shape index (κ2) is 5.82. The molecule has 5 heteroatoms. The molecular weight excluding hydrogens is 231 g/mol. The van der Waals surface area contributed by atoms with Crippen LogP contribution in [0.3, 0.4) is 0 Å². The van der Waals surface area contributed by atoms with Gasteiger partial charge in [0.15, 0.2) is 11.6 Å². The van der Waals surface area contributed by atoms with E-state index in [9.17, 15) is 18.0 Å². The molecule has 2 nitrogen and oxygen atoms in total. The predicted molar refractivity (Wildman–Crippen MR) is 58.2 cm³/mol. The van der Waals surface area contributed by atoms with Crippen LogP contribution in [0.2, 0.25) is 0 Å². The van der Waals surface area contributed by atoms with Crippen molar-refractivity contribution in [1.29, 1.82) is 0 Å². The van der Waals surface area contributed by atoms with E-state index in [4.69, 9.17) is 0 Å². The topological polar surface area (TPSA) is 29.1 Å². The predicted octanol–water partition coefficient (Wildman–Crippen LogP) is 2.21.